The summed E-state index contributed by atoms with van der Waals surface area (Å²) in [6, 6.07) is 12.5. The number of nitrogens with one attached hydrogen (secondary N) is 1. The third-order valence-corrected chi connectivity index (χ3v) is 9.11. The number of tetrazole rings is 1. The first-order valence-corrected chi connectivity index (χ1v) is 11.7. The molecule has 0 radical (unpaired) electrons. The average Bonchev–Trinajstić information content (AvgIpc) is 3.07. The smallest absolute Gasteiger partial charge is 0.255 e. The number of halogens is 3. The van der Waals surface area contributed by atoms with Gasteiger partial charge in [0.15, 0.2) is 0 Å². The number of aromatic nitrogens is 4. The number of thiol groups is 1. The zero-order chi connectivity index (χ0) is 20.5. The van der Waals surface area contributed by atoms with E-state index in [1.54, 1.807) is 24.3 Å². The van der Waals surface area contributed by atoms with Crippen molar-refractivity contribution in [2.75, 3.05) is 5.32 Å². The van der Waals surface area contributed by atoms with Gasteiger partial charge in [-0.05, 0) is 94.6 Å². The molecule has 1 amide bonds. The Bertz CT molecular complexity index is 1150. The highest BCUT2D eigenvalue weighted by Crippen LogP contribution is 2.43. The predicted molar refractivity (Wildman–Crippen MR) is 117 cm³/mol. The summed E-state index contributed by atoms with van der Waals surface area (Å²) < 4.78 is 24.9. The van der Waals surface area contributed by atoms with Crippen LogP contribution in [-0.2, 0) is 9.84 Å². The fraction of sp³-hybridized carbons (Fsp3) is 0.0667. The highest BCUT2D eigenvalue weighted by Gasteiger charge is 2.37. The summed E-state index contributed by atoms with van der Waals surface area (Å²) in [6.45, 7) is 0. The van der Waals surface area contributed by atoms with Gasteiger partial charge in [-0.2, -0.15) is 4.68 Å². The summed E-state index contributed by atoms with van der Waals surface area (Å²) in [7, 11) is -3.81. The van der Waals surface area contributed by atoms with Crippen LogP contribution in [0.1, 0.15) is 10.4 Å². The number of carbonyl (C=O) groups is 1. The quantitative estimate of drug-likeness (QED) is 0.344. The number of hydrogen-bond acceptors (Lipinski definition) is 7. The van der Waals surface area contributed by atoms with Crippen molar-refractivity contribution >= 4 is 81.9 Å². The van der Waals surface area contributed by atoms with Crippen molar-refractivity contribution in [2.24, 2.45) is 0 Å². The summed E-state index contributed by atoms with van der Waals surface area (Å²) in [5.41, 5.74) is 1.27. The van der Waals surface area contributed by atoms with Crippen LogP contribution >= 0.6 is 60.4 Å². The first kappa shape index (κ1) is 21.4. The molecule has 0 aliphatic carbocycles. The van der Waals surface area contributed by atoms with Gasteiger partial charge in [0, 0.05) is 11.3 Å². The van der Waals surface area contributed by atoms with Crippen molar-refractivity contribution in [1.29, 1.82) is 0 Å². The molecule has 146 valence electrons. The fourth-order valence-corrected chi connectivity index (χ4v) is 4.89. The fourth-order valence-electron chi connectivity index (χ4n) is 2.21. The van der Waals surface area contributed by atoms with Crippen LogP contribution in [0.25, 0.3) is 5.69 Å². The molecule has 0 aliphatic rings. The van der Waals surface area contributed by atoms with Gasteiger partial charge in [0.25, 0.3) is 5.91 Å². The van der Waals surface area contributed by atoms with E-state index in [2.05, 4.69) is 81.3 Å². The van der Waals surface area contributed by atoms with Crippen molar-refractivity contribution in [2.45, 2.75) is 11.5 Å². The molecular formula is C15H10Br3N5O3S2. The Morgan fingerprint density at radius 2 is 1.82 bits per heavy atom. The molecule has 0 unspecified atom stereocenters. The van der Waals surface area contributed by atoms with Crippen molar-refractivity contribution in [1.82, 2.24) is 20.2 Å². The number of benzene rings is 2. The Kier molecular flexibility index (Phi) is 6.29. The summed E-state index contributed by atoms with van der Waals surface area (Å²) in [5, 5.41) is 14.0. The highest BCUT2D eigenvalue weighted by molar-refractivity contribution is 9.42. The number of hydrogen-bond donors (Lipinski definition) is 2. The van der Waals surface area contributed by atoms with E-state index in [4.69, 9.17) is 0 Å². The number of nitrogens with zero attached hydrogens (tertiary/aromatic N) is 4. The van der Waals surface area contributed by atoms with Gasteiger partial charge in [-0.1, -0.05) is 12.1 Å². The molecule has 1 heterocycles. The van der Waals surface area contributed by atoms with Crippen LogP contribution in [0.5, 0.6) is 0 Å². The molecular weight excluding hydrogens is 602 g/mol. The second-order valence-corrected chi connectivity index (χ2v) is 16.2. The zero-order valence-electron chi connectivity index (χ0n) is 13.6. The number of sulfone groups is 1. The lowest BCUT2D eigenvalue weighted by molar-refractivity contribution is 0.102. The third-order valence-electron chi connectivity index (χ3n) is 3.51. The normalized spacial score (nSPS) is 12.0. The van der Waals surface area contributed by atoms with E-state index in [0.717, 1.165) is 0 Å². The van der Waals surface area contributed by atoms with E-state index in [9.17, 15) is 13.2 Å². The van der Waals surface area contributed by atoms with Gasteiger partial charge in [-0.15, -0.1) is 17.7 Å². The number of rotatable bonds is 4. The molecule has 3 rings (SSSR count). The Balaban J connectivity index is 1.87. The summed E-state index contributed by atoms with van der Waals surface area (Å²) in [4.78, 5) is 12.6. The van der Waals surface area contributed by atoms with Gasteiger partial charge in [-0.3, -0.25) is 4.79 Å². The number of carbonyl (C=O) groups excluding carboxylic acids is 1. The lowest BCUT2D eigenvalue weighted by Gasteiger charge is -2.14. The Morgan fingerprint density at radius 3 is 2.46 bits per heavy atom. The van der Waals surface area contributed by atoms with E-state index in [-0.39, 0.29) is 10.5 Å². The summed E-state index contributed by atoms with van der Waals surface area (Å²) >= 11 is 13.2. The number of alkyl halides is 3. The maximum absolute atomic E-state index is 12.6. The SMILES string of the molecule is O=C(Nc1cccc(-n2nnnc2S)c1)c1cccc(S(=O)(=O)C(Br)(Br)Br)c1. The minimum absolute atomic E-state index is 0.0343. The van der Waals surface area contributed by atoms with Crippen LogP contribution in [0, 0.1) is 0 Å². The molecule has 8 nitrogen and oxygen atoms in total. The zero-order valence-corrected chi connectivity index (χ0v) is 20.1. The standard InChI is InChI=1S/C15H10Br3N5O3S2/c16-15(17,18)28(25,26)12-6-1-3-9(7-12)13(24)19-10-4-2-5-11(8-10)23-14(27)20-21-22-23/h1-8H,(H,19,24)(H,20,22,27). The third kappa shape index (κ3) is 4.48. The van der Waals surface area contributed by atoms with Crippen molar-refractivity contribution in [3.8, 4) is 5.69 Å². The van der Waals surface area contributed by atoms with E-state index < -0.39 is 17.2 Å². The minimum atomic E-state index is -3.81. The van der Waals surface area contributed by atoms with Gasteiger partial charge >= 0.3 is 0 Å². The number of amides is 1. The molecule has 0 atom stereocenters. The van der Waals surface area contributed by atoms with Crippen LogP contribution in [-0.4, -0.2) is 36.0 Å². The van der Waals surface area contributed by atoms with Crippen molar-refractivity contribution < 1.29 is 13.2 Å². The molecule has 1 aromatic heterocycles. The van der Waals surface area contributed by atoms with E-state index >= 15 is 0 Å². The minimum Gasteiger partial charge on any atom is -0.322 e. The Morgan fingerprint density at radius 1 is 1.11 bits per heavy atom. The molecule has 3 aromatic rings. The molecule has 0 spiro atoms. The molecule has 0 saturated heterocycles. The first-order chi connectivity index (χ1) is 13.1. The van der Waals surface area contributed by atoms with Gasteiger partial charge in [-0.25, -0.2) is 8.42 Å². The molecule has 1 N–H and O–H groups in total. The molecule has 0 bridgehead atoms. The van der Waals surface area contributed by atoms with E-state index in [1.165, 1.54) is 28.9 Å². The highest BCUT2D eigenvalue weighted by atomic mass is 80.0. The molecule has 0 saturated carbocycles. The van der Waals surface area contributed by atoms with Crippen molar-refractivity contribution in [3.63, 3.8) is 0 Å². The van der Waals surface area contributed by atoms with Crippen LogP contribution in [0.2, 0.25) is 0 Å². The lowest BCUT2D eigenvalue weighted by atomic mass is 10.2. The monoisotopic (exact) mass is 609 g/mol. The maximum atomic E-state index is 12.6. The second-order valence-electron chi connectivity index (χ2n) is 5.37. The molecule has 0 aliphatic heterocycles. The van der Waals surface area contributed by atoms with Gasteiger partial charge in [0.2, 0.25) is 16.5 Å². The summed E-state index contributed by atoms with van der Waals surface area (Å²) in [5.74, 6) is -0.471. The average molecular weight is 612 g/mol. The maximum Gasteiger partial charge on any atom is 0.255 e. The molecule has 0 fully saturated rings. The predicted octanol–water partition coefficient (Wildman–Crippen LogP) is 3.77. The van der Waals surface area contributed by atoms with Gasteiger partial charge < -0.3 is 5.32 Å². The lowest BCUT2D eigenvalue weighted by Crippen LogP contribution is -2.19. The van der Waals surface area contributed by atoms with Crippen molar-refractivity contribution in [3.05, 3.63) is 54.1 Å². The second kappa shape index (κ2) is 8.22. The van der Waals surface area contributed by atoms with Gasteiger partial charge in [0.05, 0.1) is 10.6 Å². The van der Waals surface area contributed by atoms with E-state index in [0.29, 0.717) is 16.5 Å². The van der Waals surface area contributed by atoms with Gasteiger partial charge in [0.1, 0.15) is 0 Å². The molecule has 13 heteroatoms. The first-order valence-electron chi connectivity index (χ1n) is 7.40. The topological polar surface area (TPSA) is 107 Å². The number of anilines is 1. The summed E-state index contributed by atoms with van der Waals surface area (Å²) in [6.07, 6.45) is 0. The van der Waals surface area contributed by atoms with Crippen LogP contribution < -0.4 is 5.32 Å². The van der Waals surface area contributed by atoms with Crippen LogP contribution in [0.4, 0.5) is 5.69 Å². The van der Waals surface area contributed by atoms with Crippen LogP contribution in [0.3, 0.4) is 0 Å². The molecule has 2 aromatic carbocycles. The van der Waals surface area contributed by atoms with E-state index in [1.807, 2.05) is 0 Å². The Hall–Kier alpha value is -1.28. The van der Waals surface area contributed by atoms with Crippen LogP contribution in [0.15, 0.2) is 58.6 Å². The largest absolute Gasteiger partial charge is 0.322 e. The molecule has 28 heavy (non-hydrogen) atoms. The Labute approximate surface area is 190 Å².